The molecule has 0 saturated heterocycles. The van der Waals surface area contributed by atoms with E-state index in [2.05, 4.69) is 11.9 Å². The van der Waals surface area contributed by atoms with Gasteiger partial charge in [0.25, 0.3) is 0 Å². The molecule has 0 bridgehead atoms. The molecule has 0 unspecified atom stereocenters. The Hall–Kier alpha value is -1.32. The van der Waals surface area contributed by atoms with Crippen LogP contribution in [0, 0.1) is 0 Å². The second-order valence-corrected chi connectivity index (χ2v) is 4.65. The van der Waals surface area contributed by atoms with Gasteiger partial charge in [-0.1, -0.05) is 38.7 Å². The number of nitrogens with one attached hydrogen (secondary N) is 1. The zero-order chi connectivity index (χ0) is 13.8. The molecular formula is C14H25NO3. The van der Waals surface area contributed by atoms with Crippen molar-refractivity contribution >= 4 is 11.9 Å². The van der Waals surface area contributed by atoms with E-state index in [-0.39, 0.29) is 12.3 Å². The SMILES string of the molecule is C=C(C)C(=O)NCCCCCCCCCC(=O)O. The molecule has 0 rings (SSSR count). The Labute approximate surface area is 109 Å². The summed E-state index contributed by atoms with van der Waals surface area (Å²) < 4.78 is 0. The number of rotatable bonds is 11. The first kappa shape index (κ1) is 16.7. The van der Waals surface area contributed by atoms with Gasteiger partial charge in [0.05, 0.1) is 0 Å². The monoisotopic (exact) mass is 255 g/mol. The van der Waals surface area contributed by atoms with Gasteiger partial charge in [0, 0.05) is 18.5 Å². The van der Waals surface area contributed by atoms with E-state index in [1.54, 1.807) is 6.92 Å². The lowest BCUT2D eigenvalue weighted by Gasteiger charge is -2.04. The van der Waals surface area contributed by atoms with Gasteiger partial charge in [0.2, 0.25) is 5.91 Å². The molecule has 2 N–H and O–H groups in total. The van der Waals surface area contributed by atoms with Crippen LogP contribution in [0.25, 0.3) is 0 Å². The number of carboxylic acid groups (broad SMARTS) is 1. The summed E-state index contributed by atoms with van der Waals surface area (Å²) in [6.07, 6.45) is 7.56. The summed E-state index contributed by atoms with van der Waals surface area (Å²) in [6, 6.07) is 0. The number of hydrogen-bond donors (Lipinski definition) is 2. The minimum absolute atomic E-state index is 0.0660. The number of aliphatic carboxylic acids is 1. The van der Waals surface area contributed by atoms with Gasteiger partial charge < -0.3 is 10.4 Å². The number of carbonyl (C=O) groups is 2. The van der Waals surface area contributed by atoms with Gasteiger partial charge in [0.1, 0.15) is 0 Å². The van der Waals surface area contributed by atoms with Crippen molar-refractivity contribution in [2.45, 2.75) is 58.3 Å². The van der Waals surface area contributed by atoms with Crippen LogP contribution in [0.2, 0.25) is 0 Å². The standard InChI is InChI=1S/C14H25NO3/c1-12(2)14(18)15-11-9-7-5-3-4-6-8-10-13(16)17/h1,3-11H2,2H3,(H,15,18)(H,16,17). The molecule has 0 atom stereocenters. The molecule has 0 fully saturated rings. The molecule has 18 heavy (non-hydrogen) atoms. The van der Waals surface area contributed by atoms with Crippen LogP contribution in [0.5, 0.6) is 0 Å². The first-order valence-corrected chi connectivity index (χ1v) is 6.69. The molecule has 0 heterocycles. The third-order valence-corrected chi connectivity index (χ3v) is 2.74. The molecule has 0 aliphatic heterocycles. The molecule has 0 radical (unpaired) electrons. The van der Waals surface area contributed by atoms with Crippen molar-refractivity contribution in [1.29, 1.82) is 0 Å². The predicted molar refractivity (Wildman–Crippen MR) is 72.4 cm³/mol. The van der Waals surface area contributed by atoms with Gasteiger partial charge in [-0.2, -0.15) is 0 Å². The molecule has 104 valence electrons. The first-order valence-electron chi connectivity index (χ1n) is 6.69. The summed E-state index contributed by atoms with van der Waals surface area (Å²) in [5.74, 6) is -0.771. The fourth-order valence-electron chi connectivity index (χ4n) is 1.64. The summed E-state index contributed by atoms with van der Waals surface area (Å²) in [7, 11) is 0. The molecule has 0 aliphatic rings. The zero-order valence-corrected chi connectivity index (χ0v) is 11.3. The van der Waals surface area contributed by atoms with Crippen LogP contribution in [0.15, 0.2) is 12.2 Å². The number of hydrogen-bond acceptors (Lipinski definition) is 2. The van der Waals surface area contributed by atoms with Gasteiger partial charge in [0.15, 0.2) is 0 Å². The highest BCUT2D eigenvalue weighted by Crippen LogP contribution is 2.08. The van der Waals surface area contributed by atoms with Crippen LogP contribution in [-0.2, 0) is 9.59 Å². The van der Waals surface area contributed by atoms with Crippen molar-refractivity contribution in [2.75, 3.05) is 6.54 Å². The number of carbonyl (C=O) groups excluding carboxylic acids is 1. The van der Waals surface area contributed by atoms with Crippen LogP contribution in [0.1, 0.15) is 58.3 Å². The highest BCUT2D eigenvalue weighted by atomic mass is 16.4. The molecule has 0 aromatic rings. The van der Waals surface area contributed by atoms with Crippen molar-refractivity contribution < 1.29 is 14.7 Å². The van der Waals surface area contributed by atoms with Crippen molar-refractivity contribution in [1.82, 2.24) is 5.32 Å². The number of unbranched alkanes of at least 4 members (excludes halogenated alkanes) is 6. The van der Waals surface area contributed by atoms with Crippen molar-refractivity contribution in [3.05, 3.63) is 12.2 Å². The maximum atomic E-state index is 11.1. The predicted octanol–water partition coefficient (Wildman–Crippen LogP) is 2.88. The third-order valence-electron chi connectivity index (χ3n) is 2.74. The van der Waals surface area contributed by atoms with E-state index in [0.717, 1.165) is 44.9 Å². The second kappa shape index (κ2) is 10.8. The summed E-state index contributed by atoms with van der Waals surface area (Å²) in [5.41, 5.74) is 0.549. The minimum Gasteiger partial charge on any atom is -0.481 e. The van der Waals surface area contributed by atoms with Crippen LogP contribution in [0.4, 0.5) is 0 Å². The molecule has 0 spiro atoms. The third kappa shape index (κ3) is 11.2. The number of carboxylic acids is 1. The summed E-state index contributed by atoms with van der Waals surface area (Å²) in [4.78, 5) is 21.4. The Morgan fingerprint density at radius 2 is 1.50 bits per heavy atom. The van der Waals surface area contributed by atoms with E-state index in [9.17, 15) is 9.59 Å². The van der Waals surface area contributed by atoms with Crippen LogP contribution >= 0.6 is 0 Å². The van der Waals surface area contributed by atoms with Crippen molar-refractivity contribution in [3.8, 4) is 0 Å². The number of amides is 1. The molecule has 1 amide bonds. The zero-order valence-electron chi connectivity index (χ0n) is 11.3. The Balaban J connectivity index is 3.14. The quantitative estimate of drug-likeness (QED) is 0.440. The highest BCUT2D eigenvalue weighted by Gasteiger charge is 1.99. The molecule has 4 nitrogen and oxygen atoms in total. The average Bonchev–Trinajstić information content (AvgIpc) is 2.30. The second-order valence-electron chi connectivity index (χ2n) is 4.65. The van der Waals surface area contributed by atoms with Gasteiger partial charge >= 0.3 is 5.97 Å². The Morgan fingerprint density at radius 1 is 1.00 bits per heavy atom. The summed E-state index contributed by atoms with van der Waals surface area (Å²) in [6.45, 7) is 5.98. The normalized spacial score (nSPS) is 10.1. The van der Waals surface area contributed by atoms with E-state index in [1.807, 2.05) is 0 Å². The fraction of sp³-hybridized carbons (Fsp3) is 0.714. The Kier molecular flexibility index (Phi) is 10.0. The smallest absolute Gasteiger partial charge is 0.303 e. The van der Waals surface area contributed by atoms with Gasteiger partial charge in [-0.05, 0) is 19.8 Å². The molecule has 4 heteroatoms. The highest BCUT2D eigenvalue weighted by molar-refractivity contribution is 5.91. The van der Waals surface area contributed by atoms with E-state index < -0.39 is 5.97 Å². The fourth-order valence-corrected chi connectivity index (χ4v) is 1.64. The molecule has 0 saturated carbocycles. The summed E-state index contributed by atoms with van der Waals surface area (Å²) >= 11 is 0. The average molecular weight is 255 g/mol. The van der Waals surface area contributed by atoms with Crippen molar-refractivity contribution in [2.24, 2.45) is 0 Å². The van der Waals surface area contributed by atoms with Crippen molar-refractivity contribution in [3.63, 3.8) is 0 Å². The Morgan fingerprint density at radius 3 is 2.00 bits per heavy atom. The topological polar surface area (TPSA) is 66.4 Å². The van der Waals surface area contributed by atoms with E-state index in [4.69, 9.17) is 5.11 Å². The van der Waals surface area contributed by atoms with Gasteiger partial charge in [-0.3, -0.25) is 9.59 Å². The van der Waals surface area contributed by atoms with Gasteiger partial charge in [-0.15, -0.1) is 0 Å². The van der Waals surface area contributed by atoms with Crippen LogP contribution in [0.3, 0.4) is 0 Å². The van der Waals surface area contributed by atoms with E-state index in [1.165, 1.54) is 0 Å². The lowest BCUT2D eigenvalue weighted by molar-refractivity contribution is -0.137. The maximum absolute atomic E-state index is 11.1. The van der Waals surface area contributed by atoms with E-state index in [0.29, 0.717) is 12.1 Å². The molecule has 0 aromatic carbocycles. The van der Waals surface area contributed by atoms with Crippen LogP contribution in [-0.4, -0.2) is 23.5 Å². The van der Waals surface area contributed by atoms with E-state index >= 15 is 0 Å². The lowest BCUT2D eigenvalue weighted by atomic mass is 10.1. The maximum Gasteiger partial charge on any atom is 0.303 e. The Bertz CT molecular complexity index is 274. The first-order chi connectivity index (χ1) is 8.54. The largest absolute Gasteiger partial charge is 0.481 e. The minimum atomic E-state index is -0.705. The van der Waals surface area contributed by atoms with Gasteiger partial charge in [-0.25, -0.2) is 0 Å². The summed E-state index contributed by atoms with van der Waals surface area (Å²) in [5, 5.41) is 11.3. The molecular weight excluding hydrogens is 230 g/mol. The molecule has 0 aliphatic carbocycles. The molecule has 0 aromatic heterocycles. The van der Waals surface area contributed by atoms with Crippen LogP contribution < -0.4 is 5.32 Å². The lowest BCUT2D eigenvalue weighted by Crippen LogP contribution is -2.24.